The SMILES string of the molecule is CCC1C(N2CCC(N(CC)CCC#N)CC2)CC12CCN(C(=O)O)C2. The molecule has 6 heteroatoms. The third-order valence-corrected chi connectivity index (χ3v) is 7.36. The fourth-order valence-corrected chi connectivity index (χ4v) is 5.95. The Morgan fingerprint density at radius 1 is 1.31 bits per heavy atom. The predicted octanol–water partition coefficient (Wildman–Crippen LogP) is 2.85. The van der Waals surface area contributed by atoms with E-state index in [9.17, 15) is 9.90 Å². The maximum atomic E-state index is 11.3. The standard InChI is InChI=1S/C20H34N4O2/c1-3-17-18(14-20(17)8-13-24(15-20)19(25)26)23-11-6-16(7-12-23)22(4-2)10-5-9-21/h16-18H,3-8,10-15H2,1-2H3,(H,25,26). The van der Waals surface area contributed by atoms with Crippen molar-refractivity contribution in [1.82, 2.24) is 14.7 Å². The molecule has 1 amide bonds. The Kier molecular flexibility index (Phi) is 6.09. The summed E-state index contributed by atoms with van der Waals surface area (Å²) in [5.74, 6) is 0.643. The van der Waals surface area contributed by atoms with Gasteiger partial charge in [-0.3, -0.25) is 9.80 Å². The first-order chi connectivity index (χ1) is 12.5. The lowest BCUT2D eigenvalue weighted by Crippen LogP contribution is -2.62. The number of rotatable bonds is 6. The fourth-order valence-electron chi connectivity index (χ4n) is 5.95. The van der Waals surface area contributed by atoms with Crippen LogP contribution in [0.15, 0.2) is 0 Å². The molecule has 26 heavy (non-hydrogen) atoms. The van der Waals surface area contributed by atoms with Gasteiger partial charge in [-0.2, -0.15) is 5.26 Å². The van der Waals surface area contributed by atoms with Gasteiger partial charge >= 0.3 is 6.09 Å². The van der Waals surface area contributed by atoms with Gasteiger partial charge in [-0.25, -0.2) is 4.79 Å². The van der Waals surface area contributed by atoms with Gasteiger partial charge in [0.05, 0.1) is 6.07 Å². The quantitative estimate of drug-likeness (QED) is 0.787. The molecule has 6 nitrogen and oxygen atoms in total. The summed E-state index contributed by atoms with van der Waals surface area (Å²) in [5.41, 5.74) is 0.247. The fraction of sp³-hybridized carbons (Fsp3) is 0.900. The molecule has 0 bridgehead atoms. The molecule has 1 saturated carbocycles. The van der Waals surface area contributed by atoms with Gasteiger partial charge in [-0.15, -0.1) is 0 Å². The van der Waals surface area contributed by atoms with E-state index in [4.69, 9.17) is 5.26 Å². The van der Waals surface area contributed by atoms with Crippen LogP contribution in [0.2, 0.25) is 0 Å². The van der Waals surface area contributed by atoms with Crippen molar-refractivity contribution in [2.24, 2.45) is 11.3 Å². The molecule has 0 aromatic carbocycles. The lowest BCUT2D eigenvalue weighted by molar-refractivity contribution is -0.0821. The van der Waals surface area contributed by atoms with E-state index in [0.717, 1.165) is 45.6 Å². The molecule has 3 unspecified atom stereocenters. The zero-order valence-electron chi connectivity index (χ0n) is 16.4. The molecule has 2 heterocycles. The maximum absolute atomic E-state index is 11.3. The van der Waals surface area contributed by atoms with Crippen molar-refractivity contribution < 1.29 is 9.90 Å². The van der Waals surface area contributed by atoms with Crippen LogP contribution in [-0.2, 0) is 0 Å². The molecule has 2 saturated heterocycles. The second-order valence-corrected chi connectivity index (χ2v) is 8.41. The van der Waals surface area contributed by atoms with Gasteiger partial charge in [0, 0.05) is 38.1 Å². The molecule has 0 radical (unpaired) electrons. The van der Waals surface area contributed by atoms with Crippen LogP contribution in [0.25, 0.3) is 0 Å². The largest absolute Gasteiger partial charge is 0.465 e. The van der Waals surface area contributed by atoms with Crippen LogP contribution in [0.3, 0.4) is 0 Å². The number of carboxylic acid groups (broad SMARTS) is 1. The Hall–Kier alpha value is -1.32. The summed E-state index contributed by atoms with van der Waals surface area (Å²) in [6, 6.07) is 3.53. The van der Waals surface area contributed by atoms with Gasteiger partial charge in [0.15, 0.2) is 0 Å². The normalized spacial score (nSPS) is 32.8. The minimum Gasteiger partial charge on any atom is -0.465 e. The molecular formula is C20H34N4O2. The maximum Gasteiger partial charge on any atom is 0.407 e. The van der Waals surface area contributed by atoms with Crippen molar-refractivity contribution in [3.05, 3.63) is 0 Å². The lowest BCUT2D eigenvalue weighted by Gasteiger charge is -2.58. The van der Waals surface area contributed by atoms with Crippen LogP contribution in [0.4, 0.5) is 4.79 Å². The Labute approximate surface area is 157 Å². The summed E-state index contributed by atoms with van der Waals surface area (Å²) >= 11 is 0. The van der Waals surface area contributed by atoms with Crippen molar-refractivity contribution in [1.29, 1.82) is 5.26 Å². The van der Waals surface area contributed by atoms with E-state index < -0.39 is 6.09 Å². The number of piperidine rings is 1. The molecule has 0 aromatic rings. The molecule has 1 spiro atoms. The van der Waals surface area contributed by atoms with Gasteiger partial charge < -0.3 is 10.0 Å². The third kappa shape index (κ3) is 3.57. The van der Waals surface area contributed by atoms with Crippen molar-refractivity contribution >= 4 is 6.09 Å². The highest BCUT2D eigenvalue weighted by molar-refractivity contribution is 5.65. The monoisotopic (exact) mass is 362 g/mol. The van der Waals surface area contributed by atoms with Crippen LogP contribution in [0, 0.1) is 22.7 Å². The Morgan fingerprint density at radius 2 is 2.04 bits per heavy atom. The van der Waals surface area contributed by atoms with Crippen molar-refractivity contribution in [2.75, 3.05) is 39.3 Å². The highest BCUT2D eigenvalue weighted by Gasteiger charge is 2.57. The molecule has 3 fully saturated rings. The van der Waals surface area contributed by atoms with Gasteiger partial charge in [0.1, 0.15) is 0 Å². The summed E-state index contributed by atoms with van der Waals surface area (Å²) in [7, 11) is 0. The molecule has 146 valence electrons. The topological polar surface area (TPSA) is 70.8 Å². The van der Waals surface area contributed by atoms with Crippen LogP contribution in [-0.4, -0.2) is 77.3 Å². The smallest absolute Gasteiger partial charge is 0.407 e. The number of hydrogen-bond donors (Lipinski definition) is 1. The average molecular weight is 363 g/mol. The van der Waals surface area contributed by atoms with E-state index in [1.807, 2.05) is 0 Å². The third-order valence-electron chi connectivity index (χ3n) is 7.36. The Balaban J connectivity index is 1.53. The van der Waals surface area contributed by atoms with E-state index in [-0.39, 0.29) is 5.41 Å². The highest BCUT2D eigenvalue weighted by Crippen LogP contribution is 2.56. The first-order valence-corrected chi connectivity index (χ1v) is 10.4. The summed E-state index contributed by atoms with van der Waals surface area (Å²) in [5, 5.41) is 18.1. The van der Waals surface area contributed by atoms with E-state index in [1.54, 1.807) is 4.90 Å². The van der Waals surface area contributed by atoms with E-state index >= 15 is 0 Å². The van der Waals surface area contributed by atoms with Crippen molar-refractivity contribution in [3.63, 3.8) is 0 Å². The summed E-state index contributed by atoms with van der Waals surface area (Å²) in [6.45, 7) is 10.1. The zero-order chi connectivity index (χ0) is 18.7. The molecule has 1 N–H and O–H groups in total. The molecule has 3 atom stereocenters. The highest BCUT2D eigenvalue weighted by atomic mass is 16.4. The van der Waals surface area contributed by atoms with E-state index in [1.165, 1.54) is 19.3 Å². The van der Waals surface area contributed by atoms with Crippen molar-refractivity contribution in [3.8, 4) is 6.07 Å². The van der Waals surface area contributed by atoms with Crippen LogP contribution < -0.4 is 0 Å². The van der Waals surface area contributed by atoms with Gasteiger partial charge in [0.25, 0.3) is 0 Å². The number of hydrogen-bond acceptors (Lipinski definition) is 4. The zero-order valence-corrected chi connectivity index (χ0v) is 16.4. The van der Waals surface area contributed by atoms with Gasteiger partial charge in [-0.05, 0) is 56.7 Å². The van der Waals surface area contributed by atoms with E-state index in [0.29, 0.717) is 31.0 Å². The average Bonchev–Trinajstić information content (AvgIpc) is 3.09. The Morgan fingerprint density at radius 3 is 2.58 bits per heavy atom. The molecule has 3 aliphatic rings. The minimum absolute atomic E-state index is 0.247. The summed E-state index contributed by atoms with van der Waals surface area (Å²) in [6.07, 6.45) is 5.63. The van der Waals surface area contributed by atoms with Crippen molar-refractivity contribution in [2.45, 2.75) is 64.5 Å². The molecule has 3 rings (SSSR count). The first-order valence-electron chi connectivity index (χ1n) is 10.4. The summed E-state index contributed by atoms with van der Waals surface area (Å²) < 4.78 is 0. The number of nitrogens with zero attached hydrogens (tertiary/aromatic N) is 4. The lowest BCUT2D eigenvalue weighted by atomic mass is 9.54. The molecule has 2 aliphatic heterocycles. The molecular weight excluding hydrogens is 328 g/mol. The van der Waals surface area contributed by atoms with E-state index in [2.05, 4.69) is 29.7 Å². The number of nitriles is 1. The second-order valence-electron chi connectivity index (χ2n) is 8.41. The summed E-state index contributed by atoms with van der Waals surface area (Å²) in [4.78, 5) is 18.1. The molecule has 0 aromatic heterocycles. The Bertz CT molecular complexity index is 540. The predicted molar refractivity (Wildman–Crippen MR) is 101 cm³/mol. The van der Waals surface area contributed by atoms with Crippen LogP contribution in [0.1, 0.15) is 52.4 Å². The minimum atomic E-state index is -0.752. The van der Waals surface area contributed by atoms with Gasteiger partial charge in [-0.1, -0.05) is 20.3 Å². The van der Waals surface area contributed by atoms with Gasteiger partial charge in [0.2, 0.25) is 0 Å². The first kappa shape index (κ1) is 19.4. The van der Waals surface area contributed by atoms with Crippen LogP contribution in [0.5, 0.6) is 0 Å². The molecule has 1 aliphatic carbocycles. The second kappa shape index (κ2) is 8.14. The number of amides is 1. The number of carbonyl (C=O) groups is 1. The number of likely N-dealkylation sites (tertiary alicyclic amines) is 2. The van der Waals surface area contributed by atoms with Crippen LogP contribution >= 0.6 is 0 Å².